The van der Waals surface area contributed by atoms with E-state index < -0.39 is 11.7 Å². The zero-order chi connectivity index (χ0) is 23.6. The fourth-order valence-corrected chi connectivity index (χ4v) is 5.53. The van der Waals surface area contributed by atoms with Crippen molar-refractivity contribution in [2.45, 2.75) is 77.0 Å². The van der Waals surface area contributed by atoms with Crippen molar-refractivity contribution in [1.82, 2.24) is 4.90 Å². The molecular formula is C26H37N2O5+. The van der Waals surface area contributed by atoms with Crippen molar-refractivity contribution in [1.29, 1.82) is 0 Å². The third-order valence-corrected chi connectivity index (χ3v) is 7.18. The van der Waals surface area contributed by atoms with E-state index in [-0.39, 0.29) is 23.7 Å². The van der Waals surface area contributed by atoms with Gasteiger partial charge in [-0.25, -0.2) is 0 Å². The molecule has 3 aliphatic heterocycles. The van der Waals surface area contributed by atoms with Crippen LogP contribution in [0.3, 0.4) is 0 Å². The summed E-state index contributed by atoms with van der Waals surface area (Å²) < 4.78 is 12.1. The minimum atomic E-state index is -0.734. The van der Waals surface area contributed by atoms with E-state index in [1.165, 1.54) is 24.7 Å². The first-order valence-corrected chi connectivity index (χ1v) is 12.3. The molecule has 33 heavy (non-hydrogen) atoms. The van der Waals surface area contributed by atoms with Gasteiger partial charge in [0.15, 0.2) is 12.1 Å². The number of rotatable bonds is 4. The smallest absolute Gasteiger partial charge is 0.303 e. The number of amides is 1. The summed E-state index contributed by atoms with van der Waals surface area (Å²) in [5.74, 6) is 0.332. The number of carbonyl (C=O) groups is 2. The molecule has 0 radical (unpaired) electrons. The molecule has 2 saturated heterocycles. The van der Waals surface area contributed by atoms with Crippen LogP contribution in [0.4, 0.5) is 0 Å². The standard InChI is InChI=1S/C26H36N2O5/c1-18(29)32-25-23(28-16-8-5-9-17-28)22-20(33-26(25,2)3)12-10-19(24(22)31)11-13-21(30)27-14-6-4-7-15-27/h10-13,23,25,31H,4-9,14-17H2,1-3H3/p+1/b13-11+/t23-,25-/m0/s1. The van der Waals surface area contributed by atoms with E-state index in [0.717, 1.165) is 51.9 Å². The molecule has 180 valence electrons. The SMILES string of the molecule is CC(=O)O[C@H]1[C@@H]([NH+]2CCCCC2)c2c(ccc(/C=C/C(=O)N3CCCCC3)c2O)OC1(C)C. The molecule has 7 nitrogen and oxygen atoms in total. The molecule has 1 aromatic rings. The van der Waals surface area contributed by atoms with Gasteiger partial charge < -0.3 is 24.4 Å². The number of ether oxygens (including phenoxy) is 2. The van der Waals surface area contributed by atoms with E-state index in [1.807, 2.05) is 24.8 Å². The Morgan fingerprint density at radius 2 is 1.79 bits per heavy atom. The average molecular weight is 458 g/mol. The van der Waals surface area contributed by atoms with Crippen LogP contribution in [0.2, 0.25) is 0 Å². The van der Waals surface area contributed by atoms with Crippen molar-refractivity contribution < 1.29 is 29.1 Å². The van der Waals surface area contributed by atoms with Gasteiger partial charge in [0.25, 0.3) is 0 Å². The van der Waals surface area contributed by atoms with Gasteiger partial charge in [-0.3, -0.25) is 9.59 Å². The molecule has 0 bridgehead atoms. The van der Waals surface area contributed by atoms with Crippen LogP contribution < -0.4 is 9.64 Å². The third-order valence-electron chi connectivity index (χ3n) is 7.18. The quantitative estimate of drug-likeness (QED) is 0.537. The fraction of sp³-hybridized carbons (Fsp3) is 0.615. The number of aromatic hydroxyl groups is 1. The van der Waals surface area contributed by atoms with Gasteiger partial charge in [-0.2, -0.15) is 0 Å². The summed E-state index contributed by atoms with van der Waals surface area (Å²) in [6.07, 6.45) is 9.33. The van der Waals surface area contributed by atoms with Crippen LogP contribution >= 0.6 is 0 Å². The highest BCUT2D eigenvalue weighted by Gasteiger charge is 2.52. The Balaban J connectivity index is 1.70. The maximum absolute atomic E-state index is 12.6. The zero-order valence-corrected chi connectivity index (χ0v) is 20.1. The van der Waals surface area contributed by atoms with Gasteiger partial charge in [0.1, 0.15) is 17.1 Å². The van der Waals surface area contributed by atoms with E-state index in [2.05, 4.69) is 0 Å². The largest absolute Gasteiger partial charge is 0.507 e. The first kappa shape index (κ1) is 23.6. The van der Waals surface area contributed by atoms with Crippen molar-refractivity contribution in [2.75, 3.05) is 26.2 Å². The third kappa shape index (κ3) is 5.03. The summed E-state index contributed by atoms with van der Waals surface area (Å²) in [6, 6.07) is 3.42. The van der Waals surface area contributed by atoms with Crippen molar-refractivity contribution in [2.24, 2.45) is 0 Å². The van der Waals surface area contributed by atoms with Gasteiger partial charge in [-0.05, 0) is 70.6 Å². The highest BCUT2D eigenvalue weighted by atomic mass is 16.6. The molecule has 0 aliphatic carbocycles. The van der Waals surface area contributed by atoms with Crippen LogP contribution in [0.5, 0.6) is 11.5 Å². The second-order valence-corrected chi connectivity index (χ2v) is 10.1. The first-order valence-electron chi connectivity index (χ1n) is 12.3. The van der Waals surface area contributed by atoms with Crippen molar-refractivity contribution in [3.05, 3.63) is 29.3 Å². The number of carbonyl (C=O) groups excluding carboxylic acids is 2. The van der Waals surface area contributed by atoms with E-state index >= 15 is 0 Å². The lowest BCUT2D eigenvalue weighted by Crippen LogP contribution is -3.14. The summed E-state index contributed by atoms with van der Waals surface area (Å²) >= 11 is 0. The molecule has 3 heterocycles. The van der Waals surface area contributed by atoms with Gasteiger partial charge in [-0.1, -0.05) is 0 Å². The lowest BCUT2D eigenvalue weighted by molar-refractivity contribution is -0.941. The summed E-state index contributed by atoms with van der Waals surface area (Å²) in [4.78, 5) is 27.8. The maximum atomic E-state index is 12.6. The number of phenols is 1. The van der Waals surface area contributed by atoms with Gasteiger partial charge in [0, 0.05) is 31.7 Å². The number of esters is 1. The number of likely N-dealkylation sites (tertiary alicyclic amines) is 2. The number of benzene rings is 1. The van der Waals surface area contributed by atoms with E-state index in [0.29, 0.717) is 16.9 Å². The predicted octanol–water partition coefficient (Wildman–Crippen LogP) is 2.63. The Bertz CT molecular complexity index is 914. The Morgan fingerprint density at radius 3 is 2.45 bits per heavy atom. The lowest BCUT2D eigenvalue weighted by atomic mass is 9.83. The monoisotopic (exact) mass is 457 g/mol. The Labute approximate surface area is 196 Å². The molecular weight excluding hydrogens is 420 g/mol. The Morgan fingerprint density at radius 1 is 1.12 bits per heavy atom. The number of hydrogen-bond donors (Lipinski definition) is 2. The first-order chi connectivity index (χ1) is 15.8. The van der Waals surface area contributed by atoms with Crippen LogP contribution in [-0.2, 0) is 14.3 Å². The van der Waals surface area contributed by atoms with E-state index in [1.54, 1.807) is 18.2 Å². The Kier molecular flexibility index (Phi) is 6.98. The fourth-order valence-electron chi connectivity index (χ4n) is 5.53. The van der Waals surface area contributed by atoms with Gasteiger partial charge >= 0.3 is 5.97 Å². The highest BCUT2D eigenvalue weighted by Crippen LogP contribution is 2.46. The molecule has 7 heteroatoms. The maximum Gasteiger partial charge on any atom is 0.303 e. The molecule has 3 aliphatic rings. The normalized spacial score (nSPS) is 25.4. The second-order valence-electron chi connectivity index (χ2n) is 10.1. The van der Waals surface area contributed by atoms with Crippen molar-refractivity contribution in [3.63, 3.8) is 0 Å². The molecule has 0 aromatic heterocycles. The topological polar surface area (TPSA) is 80.5 Å². The molecule has 0 saturated carbocycles. The van der Waals surface area contributed by atoms with Crippen LogP contribution in [0.15, 0.2) is 18.2 Å². The number of phenolic OH excluding ortho intramolecular Hbond substituents is 1. The minimum Gasteiger partial charge on any atom is -0.507 e. The van der Waals surface area contributed by atoms with E-state index in [4.69, 9.17) is 9.47 Å². The minimum absolute atomic E-state index is 0.0276. The zero-order valence-electron chi connectivity index (χ0n) is 20.1. The molecule has 2 fully saturated rings. The van der Waals surface area contributed by atoms with Gasteiger partial charge in [0.05, 0.1) is 18.7 Å². The predicted molar refractivity (Wildman–Crippen MR) is 125 cm³/mol. The molecule has 0 unspecified atom stereocenters. The molecule has 2 atom stereocenters. The summed E-state index contributed by atoms with van der Waals surface area (Å²) in [7, 11) is 0. The molecule has 0 spiro atoms. The Hall–Kier alpha value is -2.54. The summed E-state index contributed by atoms with van der Waals surface area (Å²) in [5.41, 5.74) is 0.511. The van der Waals surface area contributed by atoms with Crippen LogP contribution in [-0.4, -0.2) is 59.8 Å². The number of hydrogen-bond acceptors (Lipinski definition) is 5. The number of piperidine rings is 2. The summed E-state index contributed by atoms with van der Waals surface area (Å²) in [5, 5.41) is 11.4. The molecule has 4 rings (SSSR count). The summed E-state index contributed by atoms with van der Waals surface area (Å²) in [6.45, 7) is 8.75. The van der Waals surface area contributed by atoms with Crippen molar-refractivity contribution >= 4 is 18.0 Å². The number of quaternary nitrogens is 1. The number of nitrogens with one attached hydrogen (secondary N) is 1. The second kappa shape index (κ2) is 9.75. The molecule has 2 N–H and O–H groups in total. The number of fused-ring (bicyclic) bond motifs is 1. The van der Waals surface area contributed by atoms with E-state index in [9.17, 15) is 14.7 Å². The highest BCUT2D eigenvalue weighted by molar-refractivity contribution is 5.92. The van der Waals surface area contributed by atoms with Crippen LogP contribution in [0, 0.1) is 0 Å². The van der Waals surface area contributed by atoms with Crippen molar-refractivity contribution in [3.8, 4) is 11.5 Å². The number of nitrogens with zero attached hydrogens (tertiary/aromatic N) is 1. The average Bonchev–Trinajstić information content (AvgIpc) is 2.80. The molecule has 1 amide bonds. The van der Waals surface area contributed by atoms with Gasteiger partial charge in [-0.15, -0.1) is 0 Å². The lowest BCUT2D eigenvalue weighted by Gasteiger charge is -2.46. The van der Waals surface area contributed by atoms with Crippen LogP contribution in [0.1, 0.15) is 76.5 Å². The van der Waals surface area contributed by atoms with Crippen LogP contribution in [0.25, 0.3) is 6.08 Å². The molecule has 1 aromatic carbocycles. The van der Waals surface area contributed by atoms with Gasteiger partial charge in [0.2, 0.25) is 5.91 Å².